The van der Waals surface area contributed by atoms with Gasteiger partial charge < -0.3 is 10.2 Å². The van der Waals surface area contributed by atoms with Crippen molar-refractivity contribution in [2.45, 2.75) is 26.7 Å². The summed E-state index contributed by atoms with van der Waals surface area (Å²) in [5.41, 5.74) is 0.398. The Morgan fingerprint density at radius 1 is 1.41 bits per heavy atom. The molecule has 0 atom stereocenters. The van der Waals surface area contributed by atoms with Crippen molar-refractivity contribution in [3.05, 3.63) is 18.1 Å². The van der Waals surface area contributed by atoms with Crippen LogP contribution in [0, 0.1) is 0 Å². The zero-order chi connectivity index (χ0) is 12.7. The molecule has 1 heterocycles. The molecule has 1 N–H and O–H groups in total. The Kier molecular flexibility index (Phi) is 5.39. The van der Waals surface area contributed by atoms with Gasteiger partial charge in [0.2, 0.25) is 0 Å². The summed E-state index contributed by atoms with van der Waals surface area (Å²) in [6.07, 6.45) is 5.20. The fraction of sp³-hybridized carbons (Fsp3) is 0.583. The molecule has 0 aliphatic carbocycles. The van der Waals surface area contributed by atoms with Crippen LogP contribution in [0.2, 0.25) is 0 Å². The molecular weight excluding hydrogens is 216 g/mol. The van der Waals surface area contributed by atoms with E-state index >= 15 is 0 Å². The molecule has 5 nitrogen and oxygen atoms in total. The average molecular weight is 236 g/mol. The summed E-state index contributed by atoms with van der Waals surface area (Å²) in [4.78, 5) is 22.1. The van der Waals surface area contributed by atoms with E-state index < -0.39 is 0 Å². The maximum Gasteiger partial charge on any atom is 0.274 e. The van der Waals surface area contributed by atoms with Gasteiger partial charge in [-0.3, -0.25) is 9.78 Å². The molecule has 0 aromatic carbocycles. The van der Waals surface area contributed by atoms with Crippen molar-refractivity contribution < 1.29 is 4.79 Å². The van der Waals surface area contributed by atoms with Gasteiger partial charge in [-0.05, 0) is 13.3 Å². The van der Waals surface area contributed by atoms with Gasteiger partial charge in [0.25, 0.3) is 5.91 Å². The van der Waals surface area contributed by atoms with Crippen molar-refractivity contribution in [3.63, 3.8) is 0 Å². The summed E-state index contributed by atoms with van der Waals surface area (Å²) in [5, 5.41) is 2.88. The van der Waals surface area contributed by atoms with E-state index in [9.17, 15) is 4.79 Å². The Morgan fingerprint density at radius 2 is 2.18 bits per heavy atom. The normalized spacial score (nSPS) is 10.1. The molecule has 1 aromatic rings. The second kappa shape index (κ2) is 6.83. The zero-order valence-electron chi connectivity index (χ0n) is 10.7. The molecule has 0 aliphatic rings. The fourth-order valence-electron chi connectivity index (χ4n) is 1.50. The van der Waals surface area contributed by atoms with E-state index in [-0.39, 0.29) is 5.91 Å². The minimum Gasteiger partial charge on any atom is -0.372 e. The molecule has 0 fully saturated rings. The Bertz CT molecular complexity index is 367. The van der Waals surface area contributed by atoms with Crippen LogP contribution in [0.3, 0.4) is 0 Å². The lowest BCUT2D eigenvalue weighted by molar-refractivity contribution is 0.0756. The predicted octanol–water partition coefficient (Wildman–Crippen LogP) is 1.78. The highest BCUT2D eigenvalue weighted by molar-refractivity contribution is 5.92. The van der Waals surface area contributed by atoms with Crippen LogP contribution < -0.4 is 5.32 Å². The number of nitrogens with zero attached hydrogens (tertiary/aromatic N) is 3. The third-order valence-corrected chi connectivity index (χ3v) is 2.56. The van der Waals surface area contributed by atoms with Gasteiger partial charge in [0, 0.05) is 20.1 Å². The lowest BCUT2D eigenvalue weighted by Crippen LogP contribution is -2.32. The number of amides is 1. The van der Waals surface area contributed by atoms with Gasteiger partial charge >= 0.3 is 0 Å². The Labute approximate surface area is 102 Å². The summed E-state index contributed by atoms with van der Waals surface area (Å²) >= 11 is 0. The summed E-state index contributed by atoms with van der Waals surface area (Å²) in [6, 6.07) is 0. The van der Waals surface area contributed by atoms with Crippen molar-refractivity contribution in [2.24, 2.45) is 0 Å². The Morgan fingerprint density at radius 3 is 2.76 bits per heavy atom. The predicted molar refractivity (Wildman–Crippen MR) is 68.1 cm³/mol. The molecule has 0 spiro atoms. The quantitative estimate of drug-likeness (QED) is 0.818. The highest BCUT2D eigenvalue weighted by Gasteiger charge is 2.15. The monoisotopic (exact) mass is 236 g/mol. The molecule has 0 unspecified atom stereocenters. The first-order valence-electron chi connectivity index (χ1n) is 6.02. The summed E-state index contributed by atoms with van der Waals surface area (Å²) < 4.78 is 0. The van der Waals surface area contributed by atoms with Crippen LogP contribution >= 0.6 is 0 Å². The van der Waals surface area contributed by atoms with E-state index in [1.54, 1.807) is 18.1 Å². The van der Waals surface area contributed by atoms with Crippen molar-refractivity contribution in [3.8, 4) is 0 Å². The van der Waals surface area contributed by atoms with E-state index in [0.717, 1.165) is 19.4 Å². The maximum atomic E-state index is 12.1. The molecule has 1 rings (SSSR count). The van der Waals surface area contributed by atoms with Gasteiger partial charge in [-0.2, -0.15) is 0 Å². The number of unbranched alkanes of at least 4 members (excludes halogenated alkanes) is 1. The number of hydrogen-bond acceptors (Lipinski definition) is 4. The number of carbonyl (C=O) groups is 1. The lowest BCUT2D eigenvalue weighted by atomic mass is 10.3. The van der Waals surface area contributed by atoms with Crippen molar-refractivity contribution >= 4 is 11.7 Å². The first-order chi connectivity index (χ1) is 8.22. The number of rotatable bonds is 6. The molecule has 1 aromatic heterocycles. The van der Waals surface area contributed by atoms with Crippen LogP contribution in [0.15, 0.2) is 12.4 Å². The number of nitrogens with one attached hydrogen (secondary N) is 1. The average Bonchev–Trinajstić information content (AvgIpc) is 2.39. The van der Waals surface area contributed by atoms with Gasteiger partial charge in [-0.15, -0.1) is 0 Å². The summed E-state index contributed by atoms with van der Waals surface area (Å²) in [6.45, 7) is 5.56. The summed E-state index contributed by atoms with van der Waals surface area (Å²) in [5.74, 6) is 0.563. The first-order valence-corrected chi connectivity index (χ1v) is 6.02. The third-order valence-electron chi connectivity index (χ3n) is 2.56. The van der Waals surface area contributed by atoms with Crippen molar-refractivity contribution in [2.75, 3.05) is 25.5 Å². The van der Waals surface area contributed by atoms with Crippen molar-refractivity contribution in [1.82, 2.24) is 14.9 Å². The molecule has 0 bridgehead atoms. The maximum absolute atomic E-state index is 12.1. The topological polar surface area (TPSA) is 58.1 Å². The molecule has 0 aliphatic heterocycles. The van der Waals surface area contributed by atoms with Crippen molar-refractivity contribution in [1.29, 1.82) is 0 Å². The molecule has 0 saturated carbocycles. The van der Waals surface area contributed by atoms with Crippen LogP contribution in [0.25, 0.3) is 0 Å². The standard InChI is InChI=1S/C12H20N4O/c1-4-6-7-16(5-2)12(17)10-8-14-9-11(13-3)15-10/h8-9H,4-7H2,1-3H3,(H,13,15). The van der Waals surface area contributed by atoms with Crippen LogP contribution in [0.4, 0.5) is 5.82 Å². The molecular formula is C12H20N4O. The van der Waals surface area contributed by atoms with Crippen LogP contribution in [0.1, 0.15) is 37.2 Å². The van der Waals surface area contributed by atoms with Gasteiger partial charge in [0.05, 0.1) is 12.4 Å². The molecule has 0 saturated heterocycles. The van der Waals surface area contributed by atoms with Crippen LogP contribution in [-0.2, 0) is 0 Å². The molecule has 0 radical (unpaired) electrons. The molecule has 1 amide bonds. The van der Waals surface area contributed by atoms with E-state index in [1.165, 1.54) is 6.20 Å². The minimum atomic E-state index is -0.0504. The van der Waals surface area contributed by atoms with E-state index in [0.29, 0.717) is 18.1 Å². The Hall–Kier alpha value is -1.65. The molecule has 17 heavy (non-hydrogen) atoms. The summed E-state index contributed by atoms with van der Waals surface area (Å²) in [7, 11) is 1.76. The first kappa shape index (κ1) is 13.4. The van der Waals surface area contributed by atoms with Gasteiger partial charge in [0.1, 0.15) is 11.5 Å². The van der Waals surface area contributed by atoms with Gasteiger partial charge in [0.15, 0.2) is 0 Å². The highest BCUT2D eigenvalue weighted by Crippen LogP contribution is 2.06. The number of aromatic nitrogens is 2. The lowest BCUT2D eigenvalue weighted by Gasteiger charge is -2.20. The zero-order valence-corrected chi connectivity index (χ0v) is 10.7. The second-order valence-corrected chi connectivity index (χ2v) is 3.78. The van der Waals surface area contributed by atoms with Crippen LogP contribution in [0.5, 0.6) is 0 Å². The second-order valence-electron chi connectivity index (χ2n) is 3.78. The number of anilines is 1. The third kappa shape index (κ3) is 3.69. The smallest absolute Gasteiger partial charge is 0.274 e. The van der Waals surface area contributed by atoms with Gasteiger partial charge in [-0.1, -0.05) is 13.3 Å². The van der Waals surface area contributed by atoms with E-state index in [2.05, 4.69) is 22.2 Å². The van der Waals surface area contributed by atoms with E-state index in [1.807, 2.05) is 6.92 Å². The molecule has 5 heteroatoms. The largest absolute Gasteiger partial charge is 0.372 e. The minimum absolute atomic E-state index is 0.0504. The van der Waals surface area contributed by atoms with E-state index in [4.69, 9.17) is 0 Å². The number of carbonyl (C=O) groups excluding carboxylic acids is 1. The van der Waals surface area contributed by atoms with Gasteiger partial charge in [-0.25, -0.2) is 4.98 Å². The highest BCUT2D eigenvalue weighted by atomic mass is 16.2. The fourth-order valence-corrected chi connectivity index (χ4v) is 1.50. The SMILES string of the molecule is CCCCN(CC)C(=O)c1cncc(NC)n1. The van der Waals surface area contributed by atoms with Crippen LogP contribution in [-0.4, -0.2) is 40.9 Å². The molecule has 94 valence electrons. The Balaban J connectivity index is 2.78. The number of hydrogen-bond donors (Lipinski definition) is 1.